The predicted octanol–water partition coefficient (Wildman–Crippen LogP) is 4.75. The van der Waals surface area contributed by atoms with Crippen LogP contribution in [0.4, 0.5) is 0 Å². The van der Waals surface area contributed by atoms with Crippen LogP contribution in [-0.4, -0.2) is 0 Å². The van der Waals surface area contributed by atoms with Gasteiger partial charge in [-0.05, 0) is 36.6 Å². The van der Waals surface area contributed by atoms with Crippen molar-refractivity contribution in [2.24, 2.45) is 5.73 Å². The zero-order chi connectivity index (χ0) is 14.1. The van der Waals surface area contributed by atoms with E-state index < -0.39 is 0 Å². The molecule has 1 unspecified atom stereocenters. The normalized spacial score (nSPS) is 12.8. The summed E-state index contributed by atoms with van der Waals surface area (Å²) < 4.78 is 7.02. The Morgan fingerprint density at radius 2 is 1.95 bits per heavy atom. The van der Waals surface area contributed by atoms with Gasteiger partial charge in [0, 0.05) is 9.86 Å². The summed E-state index contributed by atoms with van der Waals surface area (Å²) in [5, 5.41) is 1.11. The summed E-state index contributed by atoms with van der Waals surface area (Å²) in [5.74, 6) is 0.838. The Morgan fingerprint density at radius 3 is 2.70 bits per heavy atom. The molecule has 2 nitrogen and oxygen atoms in total. The van der Waals surface area contributed by atoms with E-state index in [1.165, 1.54) is 5.56 Å². The molecule has 1 heterocycles. The van der Waals surface area contributed by atoms with Gasteiger partial charge in [-0.25, -0.2) is 0 Å². The van der Waals surface area contributed by atoms with Crippen molar-refractivity contribution in [1.82, 2.24) is 0 Å². The molecule has 3 heteroatoms. The SMILES string of the molecule is Cc1cccc2cc(C(N)Cc3ccccc3Br)oc12. The van der Waals surface area contributed by atoms with Gasteiger partial charge in [0.25, 0.3) is 0 Å². The largest absolute Gasteiger partial charge is 0.459 e. The molecule has 0 saturated carbocycles. The smallest absolute Gasteiger partial charge is 0.137 e. The van der Waals surface area contributed by atoms with Gasteiger partial charge in [-0.2, -0.15) is 0 Å². The van der Waals surface area contributed by atoms with Gasteiger partial charge in [0.05, 0.1) is 6.04 Å². The molecule has 0 aliphatic carbocycles. The summed E-state index contributed by atoms with van der Waals surface area (Å²) in [5.41, 5.74) is 9.56. The highest BCUT2D eigenvalue weighted by Crippen LogP contribution is 2.28. The number of hydrogen-bond acceptors (Lipinski definition) is 2. The number of aryl methyl sites for hydroxylation is 1. The molecule has 0 bridgehead atoms. The highest BCUT2D eigenvalue weighted by molar-refractivity contribution is 9.10. The maximum Gasteiger partial charge on any atom is 0.137 e. The van der Waals surface area contributed by atoms with Gasteiger partial charge in [-0.1, -0.05) is 52.3 Å². The average Bonchev–Trinajstić information content (AvgIpc) is 2.87. The van der Waals surface area contributed by atoms with Crippen molar-refractivity contribution in [1.29, 1.82) is 0 Å². The van der Waals surface area contributed by atoms with E-state index in [2.05, 4.69) is 41.1 Å². The number of para-hydroxylation sites is 1. The molecule has 3 rings (SSSR count). The monoisotopic (exact) mass is 329 g/mol. The number of nitrogens with two attached hydrogens (primary N) is 1. The van der Waals surface area contributed by atoms with Gasteiger partial charge in [-0.15, -0.1) is 0 Å². The maximum absolute atomic E-state index is 6.30. The average molecular weight is 330 g/mol. The standard InChI is InChI=1S/C17H16BrNO/c1-11-5-4-7-13-10-16(20-17(11)13)15(19)9-12-6-2-3-8-14(12)18/h2-8,10,15H,9,19H2,1H3. The fourth-order valence-corrected chi connectivity index (χ4v) is 2.86. The van der Waals surface area contributed by atoms with Crippen LogP contribution >= 0.6 is 15.9 Å². The summed E-state index contributed by atoms with van der Waals surface area (Å²) >= 11 is 3.56. The molecule has 0 amide bonds. The predicted molar refractivity (Wildman–Crippen MR) is 85.7 cm³/mol. The first-order valence-electron chi connectivity index (χ1n) is 6.63. The van der Waals surface area contributed by atoms with Crippen LogP contribution < -0.4 is 5.73 Å². The minimum absolute atomic E-state index is 0.138. The maximum atomic E-state index is 6.30. The zero-order valence-electron chi connectivity index (χ0n) is 11.3. The second kappa shape index (κ2) is 5.43. The summed E-state index contributed by atoms with van der Waals surface area (Å²) in [4.78, 5) is 0. The quantitative estimate of drug-likeness (QED) is 0.753. The highest BCUT2D eigenvalue weighted by atomic mass is 79.9. The first kappa shape index (κ1) is 13.4. The first-order valence-corrected chi connectivity index (χ1v) is 7.42. The van der Waals surface area contributed by atoms with Crippen LogP contribution in [0.1, 0.15) is 22.9 Å². The fourth-order valence-electron chi connectivity index (χ4n) is 2.41. The van der Waals surface area contributed by atoms with Crippen LogP contribution in [0.2, 0.25) is 0 Å². The Hall–Kier alpha value is -1.58. The van der Waals surface area contributed by atoms with Gasteiger partial charge in [-0.3, -0.25) is 0 Å². The molecule has 2 N–H and O–H groups in total. The Balaban J connectivity index is 1.91. The van der Waals surface area contributed by atoms with Crippen molar-refractivity contribution in [3.63, 3.8) is 0 Å². The molecule has 1 atom stereocenters. The van der Waals surface area contributed by atoms with E-state index >= 15 is 0 Å². The Labute approximate surface area is 126 Å². The van der Waals surface area contributed by atoms with E-state index in [0.29, 0.717) is 0 Å². The van der Waals surface area contributed by atoms with Crippen molar-refractivity contribution in [2.75, 3.05) is 0 Å². The van der Waals surface area contributed by atoms with Crippen molar-refractivity contribution < 1.29 is 4.42 Å². The van der Waals surface area contributed by atoms with Crippen molar-refractivity contribution in [3.8, 4) is 0 Å². The van der Waals surface area contributed by atoms with E-state index in [1.54, 1.807) is 0 Å². The Morgan fingerprint density at radius 1 is 1.15 bits per heavy atom. The minimum atomic E-state index is -0.138. The van der Waals surface area contributed by atoms with Crippen molar-refractivity contribution >= 4 is 26.9 Å². The van der Waals surface area contributed by atoms with E-state index in [-0.39, 0.29) is 6.04 Å². The second-order valence-electron chi connectivity index (χ2n) is 5.04. The van der Waals surface area contributed by atoms with Crippen molar-refractivity contribution in [3.05, 3.63) is 69.9 Å². The summed E-state index contributed by atoms with van der Waals surface area (Å²) in [7, 11) is 0. The third kappa shape index (κ3) is 2.51. The van der Waals surface area contributed by atoms with E-state index in [0.717, 1.165) is 33.2 Å². The van der Waals surface area contributed by atoms with E-state index in [4.69, 9.17) is 10.2 Å². The third-order valence-electron chi connectivity index (χ3n) is 3.52. The number of fused-ring (bicyclic) bond motifs is 1. The fraction of sp³-hybridized carbons (Fsp3) is 0.176. The van der Waals surface area contributed by atoms with Gasteiger partial charge < -0.3 is 10.2 Å². The lowest BCUT2D eigenvalue weighted by molar-refractivity contribution is 0.492. The van der Waals surface area contributed by atoms with Gasteiger partial charge in [0.1, 0.15) is 11.3 Å². The highest BCUT2D eigenvalue weighted by Gasteiger charge is 2.14. The third-order valence-corrected chi connectivity index (χ3v) is 4.30. The lowest BCUT2D eigenvalue weighted by atomic mass is 10.0. The topological polar surface area (TPSA) is 39.2 Å². The first-order chi connectivity index (χ1) is 9.65. The summed E-state index contributed by atoms with van der Waals surface area (Å²) in [6, 6.07) is 16.2. The van der Waals surface area contributed by atoms with Crippen LogP contribution in [0.5, 0.6) is 0 Å². The Bertz CT molecular complexity index is 748. The Kier molecular flexibility index (Phi) is 3.64. The minimum Gasteiger partial charge on any atom is -0.459 e. The number of halogens is 1. The number of furan rings is 1. The molecular weight excluding hydrogens is 314 g/mol. The van der Waals surface area contributed by atoms with E-state index in [9.17, 15) is 0 Å². The number of rotatable bonds is 3. The zero-order valence-corrected chi connectivity index (χ0v) is 12.9. The van der Waals surface area contributed by atoms with Crippen LogP contribution in [-0.2, 0) is 6.42 Å². The number of hydrogen-bond donors (Lipinski definition) is 1. The van der Waals surface area contributed by atoms with Crippen LogP contribution in [0.3, 0.4) is 0 Å². The van der Waals surface area contributed by atoms with Gasteiger partial charge in [0.15, 0.2) is 0 Å². The second-order valence-corrected chi connectivity index (χ2v) is 5.90. The number of benzene rings is 2. The van der Waals surface area contributed by atoms with Gasteiger partial charge in [0.2, 0.25) is 0 Å². The van der Waals surface area contributed by atoms with E-state index in [1.807, 2.05) is 30.3 Å². The van der Waals surface area contributed by atoms with Crippen molar-refractivity contribution in [2.45, 2.75) is 19.4 Å². The molecule has 1 aromatic heterocycles. The molecule has 0 fully saturated rings. The van der Waals surface area contributed by atoms with Crippen LogP contribution in [0.15, 0.2) is 57.4 Å². The van der Waals surface area contributed by atoms with Crippen LogP contribution in [0.25, 0.3) is 11.0 Å². The molecule has 0 radical (unpaired) electrons. The molecule has 102 valence electrons. The molecule has 0 spiro atoms. The molecule has 2 aromatic carbocycles. The molecule has 3 aromatic rings. The summed E-state index contributed by atoms with van der Waals surface area (Å²) in [6.07, 6.45) is 0.750. The molecule has 0 aliphatic rings. The van der Waals surface area contributed by atoms with Crippen LogP contribution in [0, 0.1) is 6.92 Å². The molecule has 0 saturated heterocycles. The van der Waals surface area contributed by atoms with Gasteiger partial charge >= 0.3 is 0 Å². The molecule has 20 heavy (non-hydrogen) atoms. The summed E-state index contributed by atoms with van der Waals surface area (Å²) in [6.45, 7) is 2.05. The lowest BCUT2D eigenvalue weighted by Gasteiger charge is -2.10. The lowest BCUT2D eigenvalue weighted by Crippen LogP contribution is -2.12. The molecule has 0 aliphatic heterocycles. The molecular formula is C17H16BrNO.